The molecule has 1 saturated heterocycles. The number of urea groups is 1. The third kappa shape index (κ3) is 4.51. The van der Waals surface area contributed by atoms with E-state index in [9.17, 15) is 31.9 Å². The fourth-order valence-corrected chi connectivity index (χ4v) is 7.29. The lowest BCUT2D eigenvalue weighted by Gasteiger charge is -2.32. The molecule has 1 aliphatic carbocycles. The third-order valence-corrected chi connectivity index (χ3v) is 9.59. The molecule has 9 nitrogen and oxygen atoms in total. The van der Waals surface area contributed by atoms with Gasteiger partial charge in [0.05, 0.1) is 6.20 Å². The average Bonchev–Trinajstić information content (AvgIpc) is 3.56. The van der Waals surface area contributed by atoms with Crippen molar-refractivity contribution < 1.29 is 31.9 Å². The number of hydrogen-bond acceptors (Lipinski definition) is 6. The fraction of sp³-hybridized carbons (Fsp3) is 0.476. The van der Waals surface area contributed by atoms with Crippen molar-refractivity contribution in [1.82, 2.24) is 9.29 Å². The van der Waals surface area contributed by atoms with Crippen LogP contribution in [-0.4, -0.2) is 60.5 Å². The number of carboxylic acids is 1. The second-order valence-electron chi connectivity index (χ2n) is 8.32. The second kappa shape index (κ2) is 9.55. The molecular formula is C21H24F2N4O5S2. The van der Waals surface area contributed by atoms with Crippen LogP contribution in [0.3, 0.4) is 0 Å². The van der Waals surface area contributed by atoms with Gasteiger partial charge in [-0.25, -0.2) is 27.0 Å². The van der Waals surface area contributed by atoms with Crippen LogP contribution in [0.1, 0.15) is 38.5 Å². The molecule has 184 valence electrons. The number of thiazole rings is 1. The van der Waals surface area contributed by atoms with Crippen LogP contribution in [0.15, 0.2) is 28.6 Å². The molecule has 1 aliphatic heterocycles. The molecule has 1 aromatic carbocycles. The Morgan fingerprint density at radius 2 is 1.85 bits per heavy atom. The monoisotopic (exact) mass is 514 g/mol. The van der Waals surface area contributed by atoms with Crippen molar-refractivity contribution >= 4 is 44.2 Å². The van der Waals surface area contributed by atoms with E-state index in [-0.39, 0.29) is 34.0 Å². The smallest absolute Gasteiger partial charge is 0.330 e. The maximum absolute atomic E-state index is 13.9. The maximum Gasteiger partial charge on any atom is 0.330 e. The highest BCUT2D eigenvalue weighted by Gasteiger charge is 2.41. The summed E-state index contributed by atoms with van der Waals surface area (Å²) in [5.74, 6) is -3.30. The summed E-state index contributed by atoms with van der Waals surface area (Å²) >= 11 is 0.748. The summed E-state index contributed by atoms with van der Waals surface area (Å²) in [6, 6.07) is 1.35. The van der Waals surface area contributed by atoms with E-state index in [1.807, 2.05) is 0 Å². The van der Waals surface area contributed by atoms with E-state index in [1.54, 1.807) is 0 Å². The predicted octanol–water partition coefficient (Wildman–Crippen LogP) is 3.66. The van der Waals surface area contributed by atoms with Crippen LogP contribution in [0.4, 0.5) is 24.4 Å². The van der Waals surface area contributed by atoms with E-state index in [0.29, 0.717) is 19.3 Å². The van der Waals surface area contributed by atoms with Gasteiger partial charge in [-0.2, -0.15) is 4.31 Å². The highest BCUT2D eigenvalue weighted by molar-refractivity contribution is 7.91. The predicted molar refractivity (Wildman–Crippen MR) is 122 cm³/mol. The lowest BCUT2D eigenvalue weighted by Crippen LogP contribution is -2.46. The Hall–Kier alpha value is -2.64. The zero-order chi connectivity index (χ0) is 24.6. The van der Waals surface area contributed by atoms with Gasteiger partial charge < -0.3 is 5.11 Å². The Kier molecular flexibility index (Phi) is 6.87. The molecule has 1 N–H and O–H groups in total. The minimum atomic E-state index is -4.10. The number of carboxylic acid groups (broad SMARTS) is 1. The van der Waals surface area contributed by atoms with Crippen molar-refractivity contribution in [2.45, 2.75) is 54.8 Å². The molecule has 0 radical (unpaired) electrons. The normalized spacial score (nSPS) is 19.4. The quantitative estimate of drug-likeness (QED) is 0.630. The average molecular weight is 515 g/mol. The molecule has 2 aliphatic rings. The molecule has 2 aromatic rings. The van der Waals surface area contributed by atoms with Crippen molar-refractivity contribution in [2.24, 2.45) is 0 Å². The number of carbonyl (C=O) groups excluding carboxylic acids is 1. The highest BCUT2D eigenvalue weighted by Crippen LogP contribution is 2.34. The van der Waals surface area contributed by atoms with Crippen LogP contribution in [0.25, 0.3) is 0 Å². The van der Waals surface area contributed by atoms with Gasteiger partial charge in [-0.15, -0.1) is 0 Å². The molecule has 1 atom stereocenters. The summed E-state index contributed by atoms with van der Waals surface area (Å²) in [5, 5.41) is 9.43. The number of halogens is 2. The number of hydrogen-bond donors (Lipinski definition) is 1. The molecule has 1 aromatic heterocycles. The van der Waals surface area contributed by atoms with Crippen molar-refractivity contribution in [3.05, 3.63) is 36.0 Å². The van der Waals surface area contributed by atoms with E-state index in [2.05, 4.69) is 4.98 Å². The number of sulfonamides is 1. The molecule has 13 heteroatoms. The van der Waals surface area contributed by atoms with E-state index in [4.69, 9.17) is 0 Å². The number of rotatable bonds is 6. The van der Waals surface area contributed by atoms with Crippen LogP contribution in [0.5, 0.6) is 0 Å². The molecule has 34 heavy (non-hydrogen) atoms. The van der Waals surface area contributed by atoms with Crippen LogP contribution in [-0.2, 0) is 14.8 Å². The molecular weight excluding hydrogens is 490 g/mol. The largest absolute Gasteiger partial charge is 0.480 e. The maximum atomic E-state index is 13.9. The third-order valence-electron chi connectivity index (χ3n) is 6.18. The lowest BCUT2D eigenvalue weighted by molar-refractivity contribution is -0.140. The van der Waals surface area contributed by atoms with Gasteiger partial charge in [0, 0.05) is 31.4 Å². The van der Waals surface area contributed by atoms with E-state index in [1.165, 1.54) is 22.9 Å². The van der Waals surface area contributed by atoms with E-state index in [0.717, 1.165) is 46.8 Å². The zero-order valence-corrected chi connectivity index (χ0v) is 20.0. The molecule has 2 amide bonds. The molecule has 1 saturated carbocycles. The van der Waals surface area contributed by atoms with Crippen molar-refractivity contribution in [3.8, 4) is 0 Å². The van der Waals surface area contributed by atoms with E-state index < -0.39 is 39.7 Å². The number of nitrogens with zero attached hydrogens (tertiary/aromatic N) is 4. The minimum absolute atomic E-state index is 0.0835. The van der Waals surface area contributed by atoms with Gasteiger partial charge >= 0.3 is 12.0 Å². The molecule has 0 bridgehead atoms. The number of amides is 2. The number of carbonyl (C=O) groups is 2. The van der Waals surface area contributed by atoms with Crippen LogP contribution in [0, 0.1) is 11.6 Å². The fourth-order valence-electron chi connectivity index (χ4n) is 4.43. The second-order valence-corrected chi connectivity index (χ2v) is 11.4. The van der Waals surface area contributed by atoms with Crippen molar-refractivity contribution in [3.63, 3.8) is 0 Å². The Balaban J connectivity index is 1.61. The molecule has 4 rings (SSSR count). The molecule has 1 unspecified atom stereocenters. The van der Waals surface area contributed by atoms with Gasteiger partial charge in [-0.05, 0) is 37.8 Å². The van der Waals surface area contributed by atoms with Crippen LogP contribution in [0.2, 0.25) is 0 Å². The number of benzene rings is 1. The summed E-state index contributed by atoms with van der Waals surface area (Å²) in [5.41, 5.74) is 0.202. The Morgan fingerprint density at radius 3 is 2.50 bits per heavy atom. The van der Waals surface area contributed by atoms with Gasteiger partial charge in [-0.1, -0.05) is 24.2 Å². The number of aliphatic carboxylic acids is 1. The van der Waals surface area contributed by atoms with Gasteiger partial charge in [0.1, 0.15) is 6.04 Å². The Labute approximate surface area is 199 Å². The van der Waals surface area contributed by atoms with Gasteiger partial charge in [0.2, 0.25) is 0 Å². The first-order valence-electron chi connectivity index (χ1n) is 10.8. The van der Waals surface area contributed by atoms with Crippen molar-refractivity contribution in [1.29, 1.82) is 0 Å². The summed E-state index contributed by atoms with van der Waals surface area (Å²) < 4.78 is 54.3. The first-order valence-corrected chi connectivity index (χ1v) is 13.1. The number of anilines is 2. The zero-order valence-electron chi connectivity index (χ0n) is 18.4. The molecule has 0 spiro atoms. The Morgan fingerprint density at radius 1 is 1.15 bits per heavy atom. The molecule has 2 heterocycles. The highest BCUT2D eigenvalue weighted by atomic mass is 32.2. The molecule has 2 fully saturated rings. The first kappa shape index (κ1) is 24.5. The van der Waals surface area contributed by atoms with Crippen LogP contribution >= 0.6 is 11.3 Å². The first-order chi connectivity index (χ1) is 16.1. The summed E-state index contributed by atoms with van der Waals surface area (Å²) in [7, 11) is -2.68. The summed E-state index contributed by atoms with van der Waals surface area (Å²) in [6.07, 6.45) is 4.94. The van der Waals surface area contributed by atoms with Gasteiger partial charge in [0.25, 0.3) is 10.0 Å². The number of aromatic nitrogens is 1. The Bertz CT molecular complexity index is 1200. The summed E-state index contributed by atoms with van der Waals surface area (Å²) in [6.45, 7) is 0.0902. The van der Waals surface area contributed by atoms with Gasteiger partial charge in [-0.3, -0.25) is 14.6 Å². The van der Waals surface area contributed by atoms with Gasteiger partial charge in [0.15, 0.2) is 21.0 Å². The SMILES string of the molecule is CN(C(=O)N(c1ccc(F)c(F)c1)C1CCCC1)c1ncc(S(=O)(=O)N2CCCC2C(=O)O)s1. The minimum Gasteiger partial charge on any atom is -0.480 e. The summed E-state index contributed by atoms with van der Waals surface area (Å²) in [4.78, 5) is 31.5. The van der Waals surface area contributed by atoms with Crippen LogP contribution < -0.4 is 9.80 Å². The standard InChI is InChI=1S/C21H24F2N4O5S2/c1-25(20-24-12-18(33-20)34(31,32)26-10-4-7-17(26)19(28)29)21(30)27(13-5-2-3-6-13)14-8-9-15(22)16(23)11-14/h8-9,11-13,17H,2-7,10H2,1H3,(H,28,29). The van der Waals surface area contributed by atoms with E-state index >= 15 is 0 Å². The lowest BCUT2D eigenvalue weighted by atomic mass is 10.1. The topological polar surface area (TPSA) is 111 Å². The van der Waals surface area contributed by atoms with Crippen molar-refractivity contribution in [2.75, 3.05) is 23.4 Å².